The summed E-state index contributed by atoms with van der Waals surface area (Å²) in [7, 11) is 2.93. The number of rotatable bonds is 10. The molecule has 0 radical (unpaired) electrons. The van der Waals surface area contributed by atoms with Gasteiger partial charge in [0.2, 0.25) is 0 Å². The molecule has 0 saturated heterocycles. The van der Waals surface area contributed by atoms with Crippen LogP contribution in [0.3, 0.4) is 0 Å². The van der Waals surface area contributed by atoms with Gasteiger partial charge in [0.1, 0.15) is 12.2 Å². The Morgan fingerprint density at radius 1 is 0.818 bits per heavy atom. The highest BCUT2D eigenvalue weighted by atomic mass is 16.6. The fourth-order valence-electron chi connectivity index (χ4n) is 1.59. The third kappa shape index (κ3) is 10.9. The summed E-state index contributed by atoms with van der Waals surface area (Å²) >= 11 is 0. The number of hydrogen-bond acceptors (Lipinski definition) is 7. The van der Waals surface area contributed by atoms with Crippen molar-refractivity contribution in [3.05, 3.63) is 0 Å². The molecule has 9 nitrogen and oxygen atoms in total. The minimum Gasteiger partial charge on any atom is -0.458 e. The molecule has 0 aliphatic carbocycles. The Bertz CT molecular complexity index is 330. The van der Waals surface area contributed by atoms with Gasteiger partial charge in [0.05, 0.1) is 26.3 Å². The van der Waals surface area contributed by atoms with Crippen molar-refractivity contribution in [2.75, 3.05) is 40.5 Å². The normalized spacial score (nSPS) is 12.9. The van der Waals surface area contributed by atoms with Crippen molar-refractivity contribution in [2.45, 2.75) is 26.1 Å². The quantitative estimate of drug-likeness (QED) is 0.519. The second kappa shape index (κ2) is 11.8. The predicted octanol–water partition coefficient (Wildman–Crippen LogP) is -0.558. The molecule has 9 heteroatoms. The highest BCUT2D eigenvalue weighted by Gasteiger charge is 2.16. The van der Waals surface area contributed by atoms with E-state index in [2.05, 4.69) is 10.6 Å². The van der Waals surface area contributed by atoms with Crippen LogP contribution < -0.4 is 10.6 Å². The van der Waals surface area contributed by atoms with Crippen LogP contribution in [0, 0.1) is 0 Å². The molecule has 128 valence electrons. The number of ether oxygens (including phenoxy) is 4. The molecule has 0 aromatic heterocycles. The van der Waals surface area contributed by atoms with E-state index in [0.717, 1.165) is 0 Å². The standard InChI is InChI=1S/C13H24N2O7/c1-9(16)21-11(7-19-3)5-14-13(18)15-6-12(8-20-4)22-10(2)17/h11-12H,5-8H2,1-4H3,(H2,14,15,18). The van der Waals surface area contributed by atoms with Crippen LogP contribution in [-0.2, 0) is 28.5 Å². The van der Waals surface area contributed by atoms with Crippen molar-refractivity contribution in [3.8, 4) is 0 Å². The minimum atomic E-state index is -0.573. The minimum absolute atomic E-state index is 0.0990. The molecule has 2 unspecified atom stereocenters. The highest BCUT2D eigenvalue weighted by molar-refractivity contribution is 5.74. The Balaban J connectivity index is 4.13. The Kier molecular flexibility index (Phi) is 10.8. The molecule has 0 aromatic carbocycles. The number of esters is 2. The average molecular weight is 320 g/mol. The van der Waals surface area contributed by atoms with Gasteiger partial charge < -0.3 is 29.6 Å². The van der Waals surface area contributed by atoms with Crippen molar-refractivity contribution in [1.82, 2.24) is 10.6 Å². The molecule has 0 heterocycles. The molecule has 0 fully saturated rings. The molecule has 0 aromatic rings. The molecule has 2 amide bonds. The summed E-state index contributed by atoms with van der Waals surface area (Å²) in [5.41, 5.74) is 0. The zero-order valence-electron chi connectivity index (χ0n) is 13.3. The first kappa shape index (κ1) is 20.1. The number of carbonyl (C=O) groups is 3. The SMILES string of the molecule is COCC(CNC(=O)NCC(COC)OC(C)=O)OC(C)=O. The second-order valence-electron chi connectivity index (χ2n) is 4.46. The van der Waals surface area contributed by atoms with E-state index in [9.17, 15) is 14.4 Å². The van der Waals surface area contributed by atoms with E-state index in [0.29, 0.717) is 0 Å². The van der Waals surface area contributed by atoms with Crippen LogP contribution in [0.2, 0.25) is 0 Å². The predicted molar refractivity (Wildman–Crippen MR) is 76.3 cm³/mol. The lowest BCUT2D eigenvalue weighted by atomic mass is 10.3. The van der Waals surface area contributed by atoms with Crippen LogP contribution in [0.25, 0.3) is 0 Å². The lowest BCUT2D eigenvalue weighted by Crippen LogP contribution is -2.45. The van der Waals surface area contributed by atoms with Crippen molar-refractivity contribution >= 4 is 18.0 Å². The summed E-state index contributed by atoms with van der Waals surface area (Å²) in [4.78, 5) is 33.4. The van der Waals surface area contributed by atoms with Crippen molar-refractivity contribution in [3.63, 3.8) is 0 Å². The maximum Gasteiger partial charge on any atom is 0.315 e. The van der Waals surface area contributed by atoms with Crippen LogP contribution in [-0.4, -0.2) is 70.7 Å². The topological polar surface area (TPSA) is 112 Å². The van der Waals surface area contributed by atoms with Gasteiger partial charge in [-0.25, -0.2) is 4.79 Å². The average Bonchev–Trinajstić information content (AvgIpc) is 2.41. The summed E-state index contributed by atoms with van der Waals surface area (Å²) in [5.74, 6) is -0.918. The van der Waals surface area contributed by atoms with Crippen LogP contribution in [0.4, 0.5) is 4.79 Å². The zero-order valence-corrected chi connectivity index (χ0v) is 13.3. The Hall–Kier alpha value is -1.87. The fourth-order valence-corrected chi connectivity index (χ4v) is 1.59. The Morgan fingerprint density at radius 2 is 1.18 bits per heavy atom. The van der Waals surface area contributed by atoms with E-state index in [1.807, 2.05) is 0 Å². The lowest BCUT2D eigenvalue weighted by molar-refractivity contribution is -0.149. The molecule has 0 saturated carbocycles. The van der Waals surface area contributed by atoms with Gasteiger partial charge in [0.15, 0.2) is 0 Å². The van der Waals surface area contributed by atoms with Crippen LogP contribution in [0.15, 0.2) is 0 Å². The molecule has 2 atom stereocenters. The van der Waals surface area contributed by atoms with Gasteiger partial charge in [-0.15, -0.1) is 0 Å². The summed E-state index contributed by atoms with van der Waals surface area (Å²) in [6.45, 7) is 3.08. The number of urea groups is 1. The van der Waals surface area contributed by atoms with E-state index in [1.165, 1.54) is 28.1 Å². The molecule has 0 aliphatic rings. The largest absolute Gasteiger partial charge is 0.458 e. The Labute approximate surface area is 129 Å². The number of carbonyl (C=O) groups excluding carboxylic acids is 3. The molecule has 0 rings (SSSR count). The zero-order chi connectivity index (χ0) is 17.0. The molecule has 0 aliphatic heterocycles. The maximum absolute atomic E-state index is 11.6. The lowest BCUT2D eigenvalue weighted by Gasteiger charge is -2.19. The number of hydrogen-bond donors (Lipinski definition) is 2. The van der Waals surface area contributed by atoms with Gasteiger partial charge in [-0.2, -0.15) is 0 Å². The van der Waals surface area contributed by atoms with Gasteiger partial charge >= 0.3 is 18.0 Å². The van der Waals surface area contributed by atoms with E-state index in [4.69, 9.17) is 18.9 Å². The van der Waals surface area contributed by atoms with E-state index >= 15 is 0 Å². The van der Waals surface area contributed by atoms with E-state index in [-0.39, 0.29) is 26.3 Å². The van der Waals surface area contributed by atoms with Gasteiger partial charge in [-0.1, -0.05) is 0 Å². The number of nitrogens with one attached hydrogen (secondary N) is 2. The van der Waals surface area contributed by atoms with Gasteiger partial charge in [0, 0.05) is 28.1 Å². The first-order valence-electron chi connectivity index (χ1n) is 6.73. The summed E-state index contributed by atoms with van der Waals surface area (Å²) in [6, 6.07) is -0.485. The fraction of sp³-hybridized carbons (Fsp3) is 0.769. The number of methoxy groups -OCH3 is 2. The monoisotopic (exact) mass is 320 g/mol. The number of amides is 2. The Morgan fingerprint density at radius 3 is 1.45 bits per heavy atom. The molecule has 0 spiro atoms. The molecule has 0 bridgehead atoms. The summed E-state index contributed by atoms with van der Waals surface area (Å²) in [5, 5.41) is 5.07. The second-order valence-corrected chi connectivity index (χ2v) is 4.46. The first-order chi connectivity index (χ1) is 10.4. The van der Waals surface area contributed by atoms with Gasteiger partial charge in [-0.05, 0) is 0 Å². The van der Waals surface area contributed by atoms with E-state index in [1.54, 1.807) is 0 Å². The van der Waals surface area contributed by atoms with Crippen molar-refractivity contribution < 1.29 is 33.3 Å². The first-order valence-corrected chi connectivity index (χ1v) is 6.73. The molecular formula is C13H24N2O7. The molecule has 2 N–H and O–H groups in total. The molecule has 22 heavy (non-hydrogen) atoms. The third-order valence-electron chi connectivity index (χ3n) is 2.35. The maximum atomic E-state index is 11.6. The smallest absolute Gasteiger partial charge is 0.315 e. The van der Waals surface area contributed by atoms with Crippen LogP contribution >= 0.6 is 0 Å². The summed E-state index contributed by atoms with van der Waals surface area (Å²) in [6.07, 6.45) is -1.15. The third-order valence-corrected chi connectivity index (χ3v) is 2.35. The van der Waals surface area contributed by atoms with Crippen molar-refractivity contribution in [1.29, 1.82) is 0 Å². The van der Waals surface area contributed by atoms with E-state index < -0.39 is 30.2 Å². The molecular weight excluding hydrogens is 296 g/mol. The van der Waals surface area contributed by atoms with Gasteiger partial charge in [0.25, 0.3) is 0 Å². The summed E-state index contributed by atoms with van der Waals surface area (Å²) < 4.78 is 19.7. The van der Waals surface area contributed by atoms with Crippen LogP contribution in [0.5, 0.6) is 0 Å². The van der Waals surface area contributed by atoms with Crippen LogP contribution in [0.1, 0.15) is 13.8 Å². The highest BCUT2D eigenvalue weighted by Crippen LogP contribution is 1.94. The van der Waals surface area contributed by atoms with Gasteiger partial charge in [-0.3, -0.25) is 9.59 Å². The van der Waals surface area contributed by atoms with Crippen molar-refractivity contribution in [2.24, 2.45) is 0 Å².